The average molecular weight is 366 g/mol. The van der Waals surface area contributed by atoms with E-state index in [1.165, 1.54) is 18.2 Å². The molecule has 10 heteroatoms. The first-order valence-electron chi connectivity index (χ1n) is 7.07. The summed E-state index contributed by atoms with van der Waals surface area (Å²) in [6, 6.07) is 5.50. The number of benzene rings is 2. The molecule has 0 atom stereocenters. The Morgan fingerprint density at radius 2 is 1.77 bits per heavy atom. The third-order valence-electron chi connectivity index (χ3n) is 3.43. The minimum Gasteiger partial charge on any atom is -0.422 e. The molecule has 0 amide bonds. The Morgan fingerprint density at radius 3 is 2.46 bits per heavy atom. The fraction of sp³-hybridized carbons (Fsp3) is 0.0625. The van der Waals surface area contributed by atoms with Gasteiger partial charge in [-0.3, -0.25) is 0 Å². The van der Waals surface area contributed by atoms with Crippen LogP contribution in [0.2, 0.25) is 0 Å². The van der Waals surface area contributed by atoms with E-state index in [2.05, 4.69) is 9.97 Å². The fourth-order valence-electron chi connectivity index (χ4n) is 2.27. The predicted molar refractivity (Wildman–Crippen MR) is 84.7 cm³/mol. The molecular formula is C16H10F4N4O2. The molecule has 3 rings (SSSR count). The zero-order chi connectivity index (χ0) is 19.1. The number of alkyl halides is 3. The Hall–Kier alpha value is -3.43. The van der Waals surface area contributed by atoms with Crippen molar-refractivity contribution < 1.29 is 27.1 Å². The lowest BCUT2D eigenvalue weighted by Gasteiger charge is -2.13. The fourth-order valence-corrected chi connectivity index (χ4v) is 2.27. The summed E-state index contributed by atoms with van der Waals surface area (Å²) >= 11 is 0. The largest absolute Gasteiger partial charge is 0.422 e. The molecule has 134 valence electrons. The normalized spacial score (nSPS) is 11.5. The first-order chi connectivity index (χ1) is 12.1. The van der Waals surface area contributed by atoms with Crippen molar-refractivity contribution in [1.82, 2.24) is 9.97 Å². The number of nitrogen functional groups attached to an aromatic ring is 2. The van der Waals surface area contributed by atoms with E-state index in [0.717, 1.165) is 0 Å². The second kappa shape index (κ2) is 6.14. The number of fused-ring (bicyclic) bond motifs is 1. The number of ether oxygens (including phenoxy) is 1. The second-order valence-corrected chi connectivity index (χ2v) is 5.23. The predicted octanol–water partition coefficient (Wildman–Crippen LogP) is 3.17. The van der Waals surface area contributed by atoms with Gasteiger partial charge in [-0.15, -0.1) is 0 Å². The standard InChI is InChI=1S/C16H10F4N4O2/c17-8-2-3-10(16(18,19)20)12(6-8)26-14(25)7-1-4-11-9(5-7)13(21)24-15(22)23-11/h1-6H,(H4,21,22,23,24). The Bertz CT molecular complexity index is 1020. The molecule has 0 radical (unpaired) electrons. The van der Waals surface area contributed by atoms with Crippen LogP contribution in [0, 0.1) is 5.82 Å². The summed E-state index contributed by atoms with van der Waals surface area (Å²) < 4.78 is 56.9. The van der Waals surface area contributed by atoms with E-state index in [-0.39, 0.29) is 22.7 Å². The molecule has 0 aliphatic heterocycles. The number of nitrogens with zero attached hydrogens (tertiary/aromatic N) is 2. The maximum atomic E-state index is 13.3. The Balaban J connectivity index is 1.99. The van der Waals surface area contributed by atoms with E-state index in [1.807, 2.05) is 0 Å². The topological polar surface area (TPSA) is 104 Å². The van der Waals surface area contributed by atoms with E-state index >= 15 is 0 Å². The van der Waals surface area contributed by atoms with Crippen molar-refractivity contribution in [2.75, 3.05) is 11.5 Å². The molecule has 0 saturated heterocycles. The van der Waals surface area contributed by atoms with Crippen molar-refractivity contribution in [1.29, 1.82) is 0 Å². The highest BCUT2D eigenvalue weighted by molar-refractivity contribution is 5.98. The molecule has 4 N–H and O–H groups in total. The maximum absolute atomic E-state index is 13.3. The van der Waals surface area contributed by atoms with Gasteiger partial charge >= 0.3 is 12.1 Å². The Labute approximate surface area is 143 Å². The van der Waals surface area contributed by atoms with Crippen LogP contribution in [0.1, 0.15) is 15.9 Å². The van der Waals surface area contributed by atoms with Crippen LogP contribution in [-0.4, -0.2) is 15.9 Å². The highest BCUT2D eigenvalue weighted by atomic mass is 19.4. The summed E-state index contributed by atoms with van der Waals surface area (Å²) in [4.78, 5) is 19.9. The van der Waals surface area contributed by atoms with Crippen molar-refractivity contribution in [2.24, 2.45) is 0 Å². The van der Waals surface area contributed by atoms with E-state index in [1.54, 1.807) is 0 Å². The quantitative estimate of drug-likeness (QED) is 0.410. The Kier molecular flexibility index (Phi) is 4.10. The third kappa shape index (κ3) is 3.34. The van der Waals surface area contributed by atoms with Crippen LogP contribution >= 0.6 is 0 Å². The summed E-state index contributed by atoms with van der Waals surface area (Å²) in [6.45, 7) is 0. The molecular weight excluding hydrogens is 356 g/mol. The van der Waals surface area contributed by atoms with Crippen LogP contribution in [-0.2, 0) is 6.18 Å². The average Bonchev–Trinajstić information content (AvgIpc) is 2.53. The highest BCUT2D eigenvalue weighted by Crippen LogP contribution is 2.37. The number of carbonyl (C=O) groups is 1. The first-order valence-corrected chi connectivity index (χ1v) is 7.07. The highest BCUT2D eigenvalue weighted by Gasteiger charge is 2.35. The minimum absolute atomic E-state index is 0.0103. The van der Waals surface area contributed by atoms with Crippen molar-refractivity contribution in [3.63, 3.8) is 0 Å². The van der Waals surface area contributed by atoms with Crippen molar-refractivity contribution in [2.45, 2.75) is 6.18 Å². The number of halogens is 4. The van der Waals surface area contributed by atoms with Crippen LogP contribution in [0.3, 0.4) is 0 Å². The monoisotopic (exact) mass is 366 g/mol. The molecule has 26 heavy (non-hydrogen) atoms. The van der Waals surface area contributed by atoms with Crippen molar-refractivity contribution in [3.8, 4) is 5.75 Å². The van der Waals surface area contributed by atoms with Gasteiger partial charge in [0.1, 0.15) is 17.4 Å². The number of carbonyl (C=O) groups excluding carboxylic acids is 1. The number of anilines is 2. The summed E-state index contributed by atoms with van der Waals surface area (Å²) in [5.74, 6) is -3.13. The van der Waals surface area contributed by atoms with Gasteiger partial charge in [-0.2, -0.15) is 18.2 Å². The molecule has 0 unspecified atom stereocenters. The molecule has 1 aromatic heterocycles. The van der Waals surface area contributed by atoms with Crippen LogP contribution in [0.15, 0.2) is 36.4 Å². The summed E-state index contributed by atoms with van der Waals surface area (Å²) in [5, 5.41) is 0.268. The number of hydrogen-bond donors (Lipinski definition) is 2. The van der Waals surface area contributed by atoms with E-state index < -0.39 is 29.3 Å². The van der Waals surface area contributed by atoms with Crippen LogP contribution < -0.4 is 16.2 Å². The molecule has 1 heterocycles. The van der Waals surface area contributed by atoms with E-state index in [9.17, 15) is 22.4 Å². The number of aromatic nitrogens is 2. The number of nitrogens with two attached hydrogens (primary N) is 2. The first kappa shape index (κ1) is 17.4. The van der Waals surface area contributed by atoms with Gasteiger partial charge in [-0.05, 0) is 30.3 Å². The molecule has 0 aliphatic carbocycles. The molecule has 0 bridgehead atoms. The van der Waals surface area contributed by atoms with Gasteiger partial charge in [-0.1, -0.05) is 0 Å². The van der Waals surface area contributed by atoms with Crippen molar-refractivity contribution in [3.05, 3.63) is 53.3 Å². The van der Waals surface area contributed by atoms with E-state index in [4.69, 9.17) is 16.2 Å². The van der Waals surface area contributed by atoms with Crippen LogP contribution in [0.4, 0.5) is 29.3 Å². The zero-order valence-corrected chi connectivity index (χ0v) is 12.8. The maximum Gasteiger partial charge on any atom is 0.419 e. The summed E-state index contributed by atoms with van der Waals surface area (Å²) in [6.07, 6.45) is -4.82. The van der Waals surface area contributed by atoms with E-state index in [0.29, 0.717) is 23.7 Å². The minimum atomic E-state index is -4.82. The van der Waals surface area contributed by atoms with Gasteiger partial charge < -0.3 is 16.2 Å². The molecule has 6 nitrogen and oxygen atoms in total. The third-order valence-corrected chi connectivity index (χ3v) is 3.43. The smallest absolute Gasteiger partial charge is 0.419 e. The molecule has 0 fully saturated rings. The SMILES string of the molecule is Nc1nc(N)c2cc(C(=O)Oc3cc(F)ccc3C(F)(F)F)ccc2n1. The lowest BCUT2D eigenvalue weighted by molar-refractivity contribution is -0.138. The van der Waals surface area contributed by atoms with Gasteiger partial charge in [0.25, 0.3) is 0 Å². The van der Waals surface area contributed by atoms with Crippen LogP contribution in [0.25, 0.3) is 10.9 Å². The number of hydrogen-bond acceptors (Lipinski definition) is 6. The molecule has 0 saturated carbocycles. The molecule has 3 aromatic rings. The molecule has 0 aliphatic rings. The number of rotatable bonds is 2. The zero-order valence-electron chi connectivity index (χ0n) is 12.8. The van der Waals surface area contributed by atoms with Gasteiger partial charge in [0.05, 0.1) is 16.6 Å². The summed E-state index contributed by atoms with van der Waals surface area (Å²) in [7, 11) is 0. The number of esters is 1. The lowest BCUT2D eigenvalue weighted by atomic mass is 10.1. The van der Waals surface area contributed by atoms with Gasteiger partial charge in [-0.25, -0.2) is 14.2 Å². The molecule has 2 aromatic carbocycles. The second-order valence-electron chi connectivity index (χ2n) is 5.23. The van der Waals surface area contributed by atoms with Gasteiger partial charge in [0, 0.05) is 11.5 Å². The van der Waals surface area contributed by atoms with Crippen LogP contribution in [0.5, 0.6) is 5.75 Å². The summed E-state index contributed by atoms with van der Waals surface area (Å²) in [5.41, 5.74) is 10.1. The van der Waals surface area contributed by atoms with Gasteiger partial charge in [0.2, 0.25) is 5.95 Å². The lowest BCUT2D eigenvalue weighted by Crippen LogP contribution is -2.14. The van der Waals surface area contributed by atoms with Gasteiger partial charge in [0.15, 0.2) is 0 Å². The molecule has 0 spiro atoms. The Morgan fingerprint density at radius 1 is 1.04 bits per heavy atom. The van der Waals surface area contributed by atoms with Crippen molar-refractivity contribution >= 4 is 28.6 Å².